The molecular weight excluding hydrogens is 408 g/mol. The number of nitrogens with zero attached hydrogens (tertiary/aromatic N) is 1. The Balaban J connectivity index is 1.48. The Labute approximate surface area is 198 Å². The monoisotopic (exact) mass is 446 g/mol. The molecule has 0 atom stereocenters. The molecule has 0 radical (unpaired) electrons. The molecular formula is C29H38N2O2. The Kier molecular flexibility index (Phi) is 7.87. The van der Waals surface area contributed by atoms with Gasteiger partial charge in [0, 0.05) is 34.3 Å². The van der Waals surface area contributed by atoms with Gasteiger partial charge >= 0.3 is 0 Å². The number of unbranched alkanes of at least 4 members (excludes halogenated alkanes) is 1. The minimum Gasteiger partial charge on any atom is -0.494 e. The molecule has 1 aromatic heterocycles. The van der Waals surface area contributed by atoms with Gasteiger partial charge in [0.2, 0.25) is 0 Å². The summed E-state index contributed by atoms with van der Waals surface area (Å²) in [6, 6.07) is 14.3. The molecule has 0 spiro atoms. The van der Waals surface area contributed by atoms with E-state index in [1.807, 2.05) is 36.4 Å². The van der Waals surface area contributed by atoms with E-state index >= 15 is 0 Å². The summed E-state index contributed by atoms with van der Waals surface area (Å²) >= 11 is 0. The van der Waals surface area contributed by atoms with Crippen LogP contribution >= 0.6 is 0 Å². The maximum absolute atomic E-state index is 13.2. The van der Waals surface area contributed by atoms with E-state index in [2.05, 4.69) is 42.9 Å². The summed E-state index contributed by atoms with van der Waals surface area (Å²) in [5.74, 6) is 1.44. The lowest BCUT2D eigenvalue weighted by atomic mass is 9.87. The number of H-pyrrole nitrogens is 1. The van der Waals surface area contributed by atoms with E-state index in [0.29, 0.717) is 24.1 Å². The van der Waals surface area contributed by atoms with E-state index in [-0.39, 0.29) is 5.78 Å². The van der Waals surface area contributed by atoms with Gasteiger partial charge < -0.3 is 14.6 Å². The maximum Gasteiger partial charge on any atom is 0.193 e. The normalized spacial score (nSPS) is 15.4. The summed E-state index contributed by atoms with van der Waals surface area (Å²) in [5.41, 5.74) is 3.93. The van der Waals surface area contributed by atoms with E-state index in [4.69, 9.17) is 4.74 Å². The number of hydrogen-bond acceptors (Lipinski definition) is 3. The van der Waals surface area contributed by atoms with E-state index in [0.717, 1.165) is 42.8 Å². The SMILES string of the molecule is CCCCOc1ccc(C(=O)c2ccc3[nH]cc(C4CCN(C(CC)CC)CC4)c3c2)cc1. The van der Waals surface area contributed by atoms with Gasteiger partial charge in [-0.25, -0.2) is 0 Å². The third-order valence-corrected chi connectivity index (χ3v) is 7.29. The average molecular weight is 447 g/mol. The number of piperidine rings is 1. The van der Waals surface area contributed by atoms with Crippen molar-refractivity contribution in [2.24, 2.45) is 0 Å². The fourth-order valence-corrected chi connectivity index (χ4v) is 5.21. The highest BCUT2D eigenvalue weighted by Gasteiger charge is 2.26. The molecule has 4 nitrogen and oxygen atoms in total. The van der Waals surface area contributed by atoms with Crippen LogP contribution in [0.15, 0.2) is 48.7 Å². The molecule has 1 saturated heterocycles. The number of fused-ring (bicyclic) bond motifs is 1. The molecule has 0 bridgehead atoms. The molecule has 0 unspecified atom stereocenters. The van der Waals surface area contributed by atoms with Gasteiger partial charge in [-0.3, -0.25) is 4.79 Å². The molecule has 4 rings (SSSR count). The maximum atomic E-state index is 13.2. The summed E-state index contributed by atoms with van der Waals surface area (Å²) in [7, 11) is 0. The van der Waals surface area contributed by atoms with Gasteiger partial charge in [0.1, 0.15) is 5.75 Å². The summed E-state index contributed by atoms with van der Waals surface area (Å²) in [4.78, 5) is 19.3. The van der Waals surface area contributed by atoms with Crippen LogP contribution in [0.4, 0.5) is 0 Å². The Bertz CT molecular complexity index is 1040. The number of aromatic nitrogens is 1. The van der Waals surface area contributed by atoms with Crippen LogP contribution in [0.2, 0.25) is 0 Å². The number of benzene rings is 2. The zero-order valence-corrected chi connectivity index (χ0v) is 20.4. The highest BCUT2D eigenvalue weighted by Crippen LogP contribution is 2.35. The zero-order chi connectivity index (χ0) is 23.2. The highest BCUT2D eigenvalue weighted by molar-refractivity contribution is 6.10. The summed E-state index contributed by atoms with van der Waals surface area (Å²) in [6.45, 7) is 9.78. The van der Waals surface area contributed by atoms with Crippen molar-refractivity contribution < 1.29 is 9.53 Å². The Hall–Kier alpha value is -2.59. The minimum atomic E-state index is 0.0627. The molecule has 2 aromatic carbocycles. The van der Waals surface area contributed by atoms with Crippen molar-refractivity contribution in [3.8, 4) is 5.75 Å². The molecule has 0 saturated carbocycles. The Morgan fingerprint density at radius 2 is 1.73 bits per heavy atom. The number of aromatic amines is 1. The number of hydrogen-bond donors (Lipinski definition) is 1. The molecule has 1 N–H and O–H groups in total. The summed E-state index contributed by atoms with van der Waals surface area (Å²) < 4.78 is 5.73. The predicted octanol–water partition coefficient (Wildman–Crippen LogP) is 6.95. The predicted molar refractivity (Wildman–Crippen MR) is 136 cm³/mol. The second-order valence-electron chi connectivity index (χ2n) is 9.34. The van der Waals surface area contributed by atoms with Gasteiger partial charge in [-0.2, -0.15) is 0 Å². The molecule has 1 aliphatic rings. The topological polar surface area (TPSA) is 45.3 Å². The lowest BCUT2D eigenvalue weighted by Crippen LogP contribution is -2.40. The smallest absolute Gasteiger partial charge is 0.193 e. The Morgan fingerprint density at radius 1 is 1.03 bits per heavy atom. The molecule has 0 amide bonds. The third kappa shape index (κ3) is 5.33. The third-order valence-electron chi connectivity index (χ3n) is 7.29. The first-order valence-electron chi connectivity index (χ1n) is 12.8. The van der Waals surface area contributed by atoms with Crippen LogP contribution in [0.5, 0.6) is 5.75 Å². The summed E-state index contributed by atoms with van der Waals surface area (Å²) in [5, 5.41) is 1.20. The number of ether oxygens (including phenoxy) is 1. The van der Waals surface area contributed by atoms with E-state index in [1.165, 1.54) is 36.6 Å². The average Bonchev–Trinajstić information content (AvgIpc) is 3.29. The molecule has 33 heavy (non-hydrogen) atoms. The van der Waals surface area contributed by atoms with Gasteiger partial charge in [0.15, 0.2) is 5.78 Å². The van der Waals surface area contributed by atoms with Crippen LogP contribution in [0.25, 0.3) is 10.9 Å². The Morgan fingerprint density at radius 3 is 2.39 bits per heavy atom. The molecule has 1 fully saturated rings. The van der Waals surface area contributed by atoms with Crippen molar-refractivity contribution in [3.05, 3.63) is 65.4 Å². The highest BCUT2D eigenvalue weighted by atomic mass is 16.5. The van der Waals surface area contributed by atoms with Crippen molar-refractivity contribution >= 4 is 16.7 Å². The van der Waals surface area contributed by atoms with Gasteiger partial charge in [-0.1, -0.05) is 27.2 Å². The van der Waals surface area contributed by atoms with Crippen LogP contribution in [0, 0.1) is 0 Å². The van der Waals surface area contributed by atoms with Crippen LogP contribution < -0.4 is 4.74 Å². The fraction of sp³-hybridized carbons (Fsp3) is 0.483. The van der Waals surface area contributed by atoms with Gasteiger partial charge in [-0.05, 0) is 99.1 Å². The number of nitrogens with one attached hydrogen (secondary N) is 1. The molecule has 4 heteroatoms. The van der Waals surface area contributed by atoms with Crippen LogP contribution in [-0.2, 0) is 0 Å². The lowest BCUT2D eigenvalue weighted by molar-refractivity contribution is 0.103. The first-order chi connectivity index (χ1) is 16.1. The van der Waals surface area contributed by atoms with Crippen LogP contribution in [0.3, 0.4) is 0 Å². The quantitative estimate of drug-likeness (QED) is 0.271. The number of rotatable bonds is 10. The molecule has 2 heterocycles. The lowest BCUT2D eigenvalue weighted by Gasteiger charge is -2.37. The number of ketones is 1. The van der Waals surface area contributed by atoms with Crippen molar-refractivity contribution in [2.45, 2.75) is 71.3 Å². The van der Waals surface area contributed by atoms with Crippen LogP contribution in [0.1, 0.15) is 86.7 Å². The van der Waals surface area contributed by atoms with Crippen molar-refractivity contribution in [1.29, 1.82) is 0 Å². The molecule has 1 aliphatic heterocycles. The first-order valence-corrected chi connectivity index (χ1v) is 12.8. The largest absolute Gasteiger partial charge is 0.494 e. The minimum absolute atomic E-state index is 0.0627. The van der Waals surface area contributed by atoms with Gasteiger partial charge in [0.05, 0.1) is 6.61 Å². The van der Waals surface area contributed by atoms with E-state index in [9.17, 15) is 4.79 Å². The summed E-state index contributed by atoms with van der Waals surface area (Å²) in [6.07, 6.45) is 9.13. The molecule has 176 valence electrons. The fourth-order valence-electron chi connectivity index (χ4n) is 5.21. The number of likely N-dealkylation sites (tertiary alicyclic amines) is 1. The van der Waals surface area contributed by atoms with E-state index < -0.39 is 0 Å². The number of carbonyl (C=O) groups excluding carboxylic acids is 1. The molecule has 0 aliphatic carbocycles. The van der Waals surface area contributed by atoms with Gasteiger partial charge in [-0.15, -0.1) is 0 Å². The number of carbonyl (C=O) groups is 1. The van der Waals surface area contributed by atoms with Crippen LogP contribution in [-0.4, -0.2) is 41.4 Å². The van der Waals surface area contributed by atoms with Crippen molar-refractivity contribution in [1.82, 2.24) is 9.88 Å². The second kappa shape index (κ2) is 11.0. The van der Waals surface area contributed by atoms with Crippen molar-refractivity contribution in [2.75, 3.05) is 19.7 Å². The zero-order valence-electron chi connectivity index (χ0n) is 20.4. The molecule has 3 aromatic rings. The van der Waals surface area contributed by atoms with Crippen molar-refractivity contribution in [3.63, 3.8) is 0 Å². The second-order valence-corrected chi connectivity index (χ2v) is 9.34. The van der Waals surface area contributed by atoms with E-state index in [1.54, 1.807) is 0 Å². The first kappa shape index (κ1) is 23.6. The standard InChI is InChI=1S/C29H38N2O2/c1-4-7-18-33-25-11-8-22(9-12-25)29(32)23-10-13-28-26(19-23)27(20-30-28)21-14-16-31(17-15-21)24(5-2)6-3/h8-13,19-21,24,30H,4-7,14-18H2,1-3H3. The van der Waals surface area contributed by atoms with Gasteiger partial charge in [0.25, 0.3) is 0 Å².